The minimum atomic E-state index is -4.49. The van der Waals surface area contributed by atoms with Gasteiger partial charge in [0.15, 0.2) is 5.65 Å². The Morgan fingerprint density at radius 1 is 1.12 bits per heavy atom. The number of likely N-dealkylation sites (tertiary alicyclic amines) is 1. The molecule has 48 heavy (non-hydrogen) atoms. The van der Waals surface area contributed by atoms with Crippen LogP contribution < -0.4 is 10.6 Å². The molecule has 0 amide bonds. The fourth-order valence-electron chi connectivity index (χ4n) is 5.97. The molecule has 0 saturated carbocycles. The summed E-state index contributed by atoms with van der Waals surface area (Å²) in [7, 11) is 2.01. The Labute approximate surface area is 275 Å². The molecule has 1 fully saturated rings. The number of nitrogens with zero attached hydrogens (tertiary/aromatic N) is 7. The molecular weight excluding hydrogens is 623 g/mol. The van der Waals surface area contributed by atoms with Crippen molar-refractivity contribution >= 4 is 18.1 Å². The normalized spacial score (nSPS) is 13.9. The zero-order chi connectivity index (χ0) is 34.3. The van der Waals surface area contributed by atoms with Gasteiger partial charge in [0.1, 0.15) is 0 Å². The lowest BCUT2D eigenvalue weighted by Gasteiger charge is -2.31. The number of pyridine rings is 1. The van der Waals surface area contributed by atoms with Crippen LogP contribution in [0, 0.1) is 18.3 Å². The van der Waals surface area contributed by atoms with Gasteiger partial charge in [-0.3, -0.25) is 4.79 Å². The van der Waals surface area contributed by atoms with E-state index in [4.69, 9.17) is 20.0 Å². The minimum Gasteiger partial charge on any atom is -0.483 e. The van der Waals surface area contributed by atoms with E-state index in [-0.39, 0.29) is 6.47 Å². The number of piperidine rings is 1. The van der Waals surface area contributed by atoms with Crippen molar-refractivity contribution in [2.45, 2.75) is 38.4 Å². The lowest BCUT2D eigenvalue weighted by atomic mass is 9.95. The molecule has 1 aliphatic heterocycles. The van der Waals surface area contributed by atoms with E-state index in [9.17, 15) is 18.4 Å². The van der Waals surface area contributed by atoms with Crippen LogP contribution in [0.1, 0.15) is 36.0 Å². The van der Waals surface area contributed by atoms with Gasteiger partial charge in [-0.05, 0) is 106 Å². The Hall–Kier alpha value is -5.26. The fourth-order valence-corrected chi connectivity index (χ4v) is 5.97. The van der Waals surface area contributed by atoms with Gasteiger partial charge in [-0.15, -0.1) is 5.10 Å². The second-order valence-electron chi connectivity index (χ2n) is 11.4. The summed E-state index contributed by atoms with van der Waals surface area (Å²) in [6.07, 6.45) is 2.20. The SMILES string of the molecule is CNC1CCN(CCCNc2nc3c(-c4cccc(C(F)(F)F)c4)c(C)c(-c4ccnn4-c4ccc(C#N)cc4)cn3n2)CC1.O=CO. The Balaban J connectivity index is 0.00000145. The summed E-state index contributed by atoms with van der Waals surface area (Å²) in [5.74, 6) is 0.411. The third-order valence-electron chi connectivity index (χ3n) is 8.45. The zero-order valence-electron chi connectivity index (χ0n) is 26.6. The topological polar surface area (TPSA) is 136 Å². The Morgan fingerprint density at radius 2 is 1.85 bits per heavy atom. The number of aromatic nitrogens is 5. The van der Waals surface area contributed by atoms with Crippen molar-refractivity contribution in [3.8, 4) is 34.1 Å². The van der Waals surface area contributed by atoms with E-state index < -0.39 is 11.7 Å². The molecule has 5 aromatic rings. The van der Waals surface area contributed by atoms with Gasteiger partial charge in [0, 0.05) is 29.9 Å². The summed E-state index contributed by atoms with van der Waals surface area (Å²) in [5.41, 5.74) is 4.13. The number of fused-ring (bicyclic) bond motifs is 1. The predicted octanol–water partition coefficient (Wildman–Crippen LogP) is 5.63. The van der Waals surface area contributed by atoms with Crippen molar-refractivity contribution in [1.29, 1.82) is 5.26 Å². The largest absolute Gasteiger partial charge is 0.483 e. The van der Waals surface area contributed by atoms with Crippen LogP contribution in [0.25, 0.3) is 33.7 Å². The summed E-state index contributed by atoms with van der Waals surface area (Å²) in [4.78, 5) is 15.6. The van der Waals surface area contributed by atoms with E-state index in [1.807, 2.05) is 26.2 Å². The van der Waals surface area contributed by atoms with Crippen molar-refractivity contribution in [2.75, 3.05) is 38.5 Å². The Bertz CT molecular complexity index is 1890. The third-order valence-corrected chi connectivity index (χ3v) is 8.45. The first-order chi connectivity index (χ1) is 23.2. The molecule has 0 radical (unpaired) electrons. The number of carbonyl (C=O) groups is 1. The van der Waals surface area contributed by atoms with Crippen molar-refractivity contribution in [3.05, 3.63) is 83.7 Å². The molecule has 0 bridgehead atoms. The zero-order valence-corrected chi connectivity index (χ0v) is 26.6. The van der Waals surface area contributed by atoms with E-state index in [0.29, 0.717) is 40.9 Å². The standard InChI is InChI=1S/C33H34F3N9.CH2O2/c1-22-28(29-11-15-40-45(29)27-9-7-23(20-37)8-10-27)21-44-31(30(22)24-5-3-6-25(19-24)33(34,35)36)41-32(42-44)39-14-4-16-43-17-12-26(38-2)13-18-43;2-1-3/h3,5-11,15,19,21,26,38H,4,12-14,16-18H2,1-2H3,(H,39,42);1H,(H,2,3). The molecule has 0 spiro atoms. The fraction of sp³-hybridized carbons (Fsp3) is 0.324. The van der Waals surface area contributed by atoms with Crippen LogP contribution in [0.2, 0.25) is 0 Å². The molecule has 3 N–H and O–H groups in total. The number of hydrogen-bond acceptors (Lipinski definition) is 8. The van der Waals surface area contributed by atoms with Gasteiger partial charge >= 0.3 is 6.18 Å². The summed E-state index contributed by atoms with van der Waals surface area (Å²) in [6, 6.07) is 16.9. The average Bonchev–Trinajstić information content (AvgIpc) is 3.74. The first-order valence-corrected chi connectivity index (χ1v) is 15.5. The first-order valence-electron chi connectivity index (χ1n) is 15.5. The van der Waals surface area contributed by atoms with Gasteiger partial charge in [-0.1, -0.05) is 12.1 Å². The summed E-state index contributed by atoms with van der Waals surface area (Å²) >= 11 is 0. The molecule has 0 atom stereocenters. The molecule has 250 valence electrons. The van der Waals surface area contributed by atoms with Crippen LogP contribution in [0.15, 0.2) is 67.0 Å². The van der Waals surface area contributed by atoms with Crippen LogP contribution in [-0.4, -0.2) is 80.1 Å². The highest BCUT2D eigenvalue weighted by Crippen LogP contribution is 2.38. The van der Waals surface area contributed by atoms with Gasteiger partial charge in [0.25, 0.3) is 6.47 Å². The van der Waals surface area contributed by atoms with Crippen molar-refractivity contribution in [1.82, 2.24) is 34.6 Å². The molecule has 3 aromatic heterocycles. The predicted molar refractivity (Wildman–Crippen MR) is 176 cm³/mol. The number of carboxylic acid groups (broad SMARTS) is 1. The quantitative estimate of drug-likeness (QED) is 0.136. The van der Waals surface area contributed by atoms with E-state index in [0.717, 1.165) is 73.5 Å². The third kappa shape index (κ3) is 7.64. The van der Waals surface area contributed by atoms with Gasteiger partial charge in [-0.2, -0.15) is 28.5 Å². The lowest BCUT2D eigenvalue weighted by Crippen LogP contribution is -2.41. The van der Waals surface area contributed by atoms with Crippen LogP contribution in [0.4, 0.5) is 19.1 Å². The molecule has 4 heterocycles. The number of nitrogens with one attached hydrogen (secondary N) is 2. The molecule has 11 nitrogen and oxygen atoms in total. The lowest BCUT2D eigenvalue weighted by molar-refractivity contribution is -0.137. The summed E-state index contributed by atoms with van der Waals surface area (Å²) < 4.78 is 44.6. The number of alkyl halides is 3. The van der Waals surface area contributed by atoms with Gasteiger partial charge in [0.2, 0.25) is 5.95 Å². The highest BCUT2D eigenvalue weighted by atomic mass is 19.4. The van der Waals surface area contributed by atoms with Crippen molar-refractivity contribution in [2.24, 2.45) is 0 Å². The minimum absolute atomic E-state index is 0.250. The van der Waals surface area contributed by atoms with E-state index in [1.165, 1.54) is 6.07 Å². The van der Waals surface area contributed by atoms with E-state index in [2.05, 4.69) is 26.7 Å². The summed E-state index contributed by atoms with van der Waals surface area (Å²) in [6.45, 7) is 5.40. The molecule has 2 aromatic carbocycles. The number of halogens is 3. The maximum atomic E-state index is 13.8. The number of anilines is 1. The maximum Gasteiger partial charge on any atom is 0.416 e. The monoisotopic (exact) mass is 659 g/mol. The maximum absolute atomic E-state index is 13.8. The van der Waals surface area contributed by atoms with Crippen molar-refractivity contribution < 1.29 is 23.1 Å². The van der Waals surface area contributed by atoms with E-state index in [1.54, 1.807) is 45.7 Å². The highest BCUT2D eigenvalue weighted by Gasteiger charge is 2.31. The molecule has 1 saturated heterocycles. The number of benzene rings is 2. The second-order valence-corrected chi connectivity index (χ2v) is 11.4. The Kier molecular flexibility index (Phi) is 10.7. The summed E-state index contributed by atoms with van der Waals surface area (Å²) in [5, 5.41) is 32.0. The molecular formula is C34H36F3N9O2. The number of rotatable bonds is 9. The number of nitriles is 1. The molecule has 14 heteroatoms. The molecule has 6 rings (SSSR count). The highest BCUT2D eigenvalue weighted by molar-refractivity contribution is 5.86. The average molecular weight is 660 g/mol. The molecule has 0 aliphatic carbocycles. The van der Waals surface area contributed by atoms with Crippen LogP contribution >= 0.6 is 0 Å². The second kappa shape index (κ2) is 15.1. The molecule has 0 unspecified atom stereocenters. The smallest absolute Gasteiger partial charge is 0.416 e. The Morgan fingerprint density at radius 3 is 2.52 bits per heavy atom. The van der Waals surface area contributed by atoms with Gasteiger partial charge in [-0.25, -0.2) is 9.20 Å². The van der Waals surface area contributed by atoms with Crippen molar-refractivity contribution in [3.63, 3.8) is 0 Å². The molecule has 1 aliphatic rings. The van der Waals surface area contributed by atoms with Gasteiger partial charge < -0.3 is 20.6 Å². The van der Waals surface area contributed by atoms with Crippen LogP contribution in [0.5, 0.6) is 0 Å². The van der Waals surface area contributed by atoms with Crippen LogP contribution in [-0.2, 0) is 11.0 Å². The number of hydrogen-bond donors (Lipinski definition) is 3. The van der Waals surface area contributed by atoms with Crippen LogP contribution in [0.3, 0.4) is 0 Å². The van der Waals surface area contributed by atoms with Gasteiger partial charge in [0.05, 0.1) is 34.8 Å². The first kappa shape index (κ1) is 34.1. The van der Waals surface area contributed by atoms with E-state index >= 15 is 0 Å².